The van der Waals surface area contributed by atoms with Gasteiger partial charge in [-0.1, -0.05) is 30.7 Å². The van der Waals surface area contributed by atoms with E-state index in [0.29, 0.717) is 0 Å². The average Bonchev–Trinajstić information content (AvgIpc) is 2.46. The third kappa shape index (κ3) is 3.68. The summed E-state index contributed by atoms with van der Waals surface area (Å²) in [6.45, 7) is 2.16. The maximum Gasteiger partial charge on any atom is 0.133 e. The lowest BCUT2D eigenvalue weighted by molar-refractivity contribution is 0.412. The Labute approximate surface area is 133 Å². The summed E-state index contributed by atoms with van der Waals surface area (Å²) in [6.07, 6.45) is 0.991. The Morgan fingerprint density at radius 3 is 2.45 bits per heavy atom. The van der Waals surface area contributed by atoms with E-state index in [4.69, 9.17) is 16.3 Å². The Kier molecular flexibility index (Phi) is 5.32. The zero-order chi connectivity index (χ0) is 14.5. The molecule has 0 aromatic heterocycles. The van der Waals surface area contributed by atoms with E-state index in [9.17, 15) is 0 Å². The molecule has 0 spiro atoms. The summed E-state index contributed by atoms with van der Waals surface area (Å²) in [5.74, 6) is 0.829. The summed E-state index contributed by atoms with van der Waals surface area (Å²) in [5.41, 5.74) is 2.28. The molecule has 0 radical (unpaired) electrons. The second kappa shape index (κ2) is 7.00. The van der Waals surface area contributed by atoms with Gasteiger partial charge in [-0.2, -0.15) is 0 Å². The van der Waals surface area contributed by atoms with Gasteiger partial charge in [-0.15, -0.1) is 0 Å². The second-order valence-corrected chi connectivity index (χ2v) is 5.80. The van der Waals surface area contributed by atoms with Crippen LogP contribution in [0.4, 0.5) is 5.69 Å². The molecule has 0 aliphatic carbocycles. The molecular formula is C16H17BrClNO. The van der Waals surface area contributed by atoms with Gasteiger partial charge < -0.3 is 10.1 Å². The van der Waals surface area contributed by atoms with Crippen molar-refractivity contribution in [1.82, 2.24) is 0 Å². The van der Waals surface area contributed by atoms with Gasteiger partial charge in [0.1, 0.15) is 5.75 Å². The van der Waals surface area contributed by atoms with Crippen LogP contribution in [0.2, 0.25) is 5.02 Å². The molecule has 0 amide bonds. The first-order valence-electron chi connectivity index (χ1n) is 6.49. The molecule has 0 saturated carbocycles. The molecule has 0 saturated heterocycles. The fourth-order valence-electron chi connectivity index (χ4n) is 2.07. The standard InChI is InChI=1S/C16H17BrClNO/c1-3-15(11-4-6-12(18)7-5-11)19-13-8-9-16(20-2)14(17)10-13/h4-10,15,19H,3H2,1-2H3. The molecule has 4 heteroatoms. The first kappa shape index (κ1) is 15.2. The van der Waals surface area contributed by atoms with Gasteiger partial charge in [0.2, 0.25) is 0 Å². The van der Waals surface area contributed by atoms with Crippen molar-refractivity contribution in [3.05, 3.63) is 57.5 Å². The molecule has 0 heterocycles. The van der Waals surface area contributed by atoms with Crippen LogP contribution >= 0.6 is 27.5 Å². The van der Waals surface area contributed by atoms with Gasteiger partial charge in [-0.25, -0.2) is 0 Å². The molecule has 0 aliphatic heterocycles. The number of hydrogen-bond donors (Lipinski definition) is 1. The molecular weight excluding hydrogens is 338 g/mol. The molecule has 20 heavy (non-hydrogen) atoms. The van der Waals surface area contributed by atoms with Crippen LogP contribution in [0.25, 0.3) is 0 Å². The van der Waals surface area contributed by atoms with Crippen LogP contribution in [0.5, 0.6) is 5.75 Å². The molecule has 0 fully saturated rings. The average molecular weight is 355 g/mol. The lowest BCUT2D eigenvalue weighted by Gasteiger charge is -2.19. The van der Waals surface area contributed by atoms with Gasteiger partial charge in [0.15, 0.2) is 0 Å². The number of anilines is 1. The third-order valence-corrected chi connectivity index (χ3v) is 4.04. The normalized spacial score (nSPS) is 12.0. The number of halogens is 2. The highest BCUT2D eigenvalue weighted by Gasteiger charge is 2.10. The lowest BCUT2D eigenvalue weighted by Crippen LogP contribution is -2.09. The molecule has 2 aromatic carbocycles. The SMILES string of the molecule is CCC(Nc1ccc(OC)c(Br)c1)c1ccc(Cl)cc1. The summed E-state index contributed by atoms with van der Waals surface area (Å²) in [6, 6.07) is 14.2. The predicted molar refractivity (Wildman–Crippen MR) is 88.8 cm³/mol. The number of rotatable bonds is 5. The maximum atomic E-state index is 5.93. The Hall–Kier alpha value is -1.19. The molecule has 0 bridgehead atoms. The number of benzene rings is 2. The Morgan fingerprint density at radius 2 is 1.90 bits per heavy atom. The monoisotopic (exact) mass is 353 g/mol. The van der Waals surface area contributed by atoms with Crippen molar-refractivity contribution in [2.75, 3.05) is 12.4 Å². The van der Waals surface area contributed by atoms with Crippen LogP contribution < -0.4 is 10.1 Å². The van der Waals surface area contributed by atoms with Crippen LogP contribution in [-0.4, -0.2) is 7.11 Å². The molecule has 1 N–H and O–H groups in total. The van der Waals surface area contributed by atoms with Crippen LogP contribution in [0.15, 0.2) is 46.9 Å². The van der Waals surface area contributed by atoms with Gasteiger partial charge in [-0.05, 0) is 58.2 Å². The second-order valence-electron chi connectivity index (χ2n) is 4.51. The number of methoxy groups -OCH3 is 1. The first-order valence-corrected chi connectivity index (χ1v) is 7.66. The van der Waals surface area contributed by atoms with E-state index in [1.807, 2.05) is 30.3 Å². The Bertz CT molecular complexity index is 571. The van der Waals surface area contributed by atoms with Gasteiger partial charge in [0, 0.05) is 10.7 Å². The summed E-state index contributed by atoms with van der Waals surface area (Å²) in [7, 11) is 1.66. The smallest absolute Gasteiger partial charge is 0.133 e. The van der Waals surface area contributed by atoms with E-state index in [2.05, 4.69) is 40.3 Å². The fraction of sp³-hybridized carbons (Fsp3) is 0.250. The Morgan fingerprint density at radius 1 is 1.20 bits per heavy atom. The molecule has 1 atom stereocenters. The van der Waals surface area contributed by atoms with Gasteiger partial charge in [0.05, 0.1) is 17.6 Å². The first-order chi connectivity index (χ1) is 9.63. The van der Waals surface area contributed by atoms with Crippen LogP contribution in [0.1, 0.15) is 24.9 Å². The van der Waals surface area contributed by atoms with Crippen LogP contribution in [-0.2, 0) is 0 Å². The summed E-state index contributed by atoms with van der Waals surface area (Å²) in [5, 5.41) is 4.29. The van der Waals surface area contributed by atoms with Crippen molar-refractivity contribution in [2.45, 2.75) is 19.4 Å². The highest BCUT2D eigenvalue weighted by atomic mass is 79.9. The number of hydrogen-bond acceptors (Lipinski definition) is 2. The summed E-state index contributed by atoms with van der Waals surface area (Å²) in [4.78, 5) is 0. The topological polar surface area (TPSA) is 21.3 Å². The molecule has 2 rings (SSSR count). The minimum atomic E-state index is 0.257. The highest BCUT2D eigenvalue weighted by Crippen LogP contribution is 2.30. The maximum absolute atomic E-state index is 5.93. The largest absolute Gasteiger partial charge is 0.496 e. The highest BCUT2D eigenvalue weighted by molar-refractivity contribution is 9.10. The summed E-state index contributed by atoms with van der Waals surface area (Å²) < 4.78 is 6.18. The van der Waals surface area contributed by atoms with E-state index < -0.39 is 0 Å². The van der Waals surface area contributed by atoms with Gasteiger partial charge >= 0.3 is 0 Å². The quantitative estimate of drug-likeness (QED) is 0.746. The molecule has 2 nitrogen and oxygen atoms in total. The van der Waals surface area contributed by atoms with E-state index in [1.165, 1.54) is 5.56 Å². The van der Waals surface area contributed by atoms with Gasteiger partial charge in [-0.3, -0.25) is 0 Å². The van der Waals surface area contributed by atoms with Crippen molar-refractivity contribution in [3.8, 4) is 5.75 Å². The van der Waals surface area contributed by atoms with Crippen molar-refractivity contribution >= 4 is 33.2 Å². The van der Waals surface area contributed by atoms with Crippen molar-refractivity contribution < 1.29 is 4.74 Å². The minimum Gasteiger partial charge on any atom is -0.496 e. The minimum absolute atomic E-state index is 0.257. The zero-order valence-corrected chi connectivity index (χ0v) is 13.8. The van der Waals surface area contributed by atoms with Crippen LogP contribution in [0, 0.1) is 0 Å². The Balaban J connectivity index is 2.17. The van der Waals surface area contributed by atoms with Crippen molar-refractivity contribution in [2.24, 2.45) is 0 Å². The predicted octanol–water partition coefficient (Wildman–Crippen LogP) is 5.67. The fourth-order valence-corrected chi connectivity index (χ4v) is 2.74. The number of ether oxygens (including phenoxy) is 1. The lowest BCUT2D eigenvalue weighted by atomic mass is 10.0. The van der Waals surface area contributed by atoms with Crippen molar-refractivity contribution in [3.63, 3.8) is 0 Å². The molecule has 0 aliphatic rings. The zero-order valence-electron chi connectivity index (χ0n) is 11.5. The number of nitrogens with one attached hydrogen (secondary N) is 1. The van der Waals surface area contributed by atoms with E-state index >= 15 is 0 Å². The van der Waals surface area contributed by atoms with E-state index in [0.717, 1.165) is 27.4 Å². The van der Waals surface area contributed by atoms with Crippen molar-refractivity contribution in [1.29, 1.82) is 0 Å². The summed E-state index contributed by atoms with van der Waals surface area (Å²) >= 11 is 9.44. The molecule has 1 unspecified atom stereocenters. The molecule has 106 valence electrons. The third-order valence-electron chi connectivity index (χ3n) is 3.17. The van der Waals surface area contributed by atoms with Crippen LogP contribution in [0.3, 0.4) is 0 Å². The van der Waals surface area contributed by atoms with E-state index in [1.54, 1.807) is 7.11 Å². The molecule has 2 aromatic rings. The van der Waals surface area contributed by atoms with Gasteiger partial charge in [0.25, 0.3) is 0 Å². The van der Waals surface area contributed by atoms with E-state index in [-0.39, 0.29) is 6.04 Å².